The van der Waals surface area contributed by atoms with Crippen molar-refractivity contribution in [1.82, 2.24) is 4.57 Å². The summed E-state index contributed by atoms with van der Waals surface area (Å²) >= 11 is 0. The molecule has 2 aliphatic rings. The van der Waals surface area contributed by atoms with E-state index in [9.17, 15) is 9.59 Å². The molecule has 1 aromatic heterocycles. The molecule has 3 unspecified atom stereocenters. The third-order valence-corrected chi connectivity index (χ3v) is 8.22. The van der Waals surface area contributed by atoms with E-state index in [0.717, 1.165) is 36.6 Å². The second-order valence-electron chi connectivity index (χ2n) is 12.0. The van der Waals surface area contributed by atoms with Crippen LogP contribution in [-0.4, -0.2) is 29.2 Å². The highest BCUT2D eigenvalue weighted by Gasteiger charge is 2.64. The Hall–Kier alpha value is -3.08. The first-order chi connectivity index (χ1) is 18.5. The lowest BCUT2D eigenvalue weighted by atomic mass is 9.86. The van der Waals surface area contributed by atoms with Gasteiger partial charge in [-0.15, -0.1) is 0 Å². The number of rotatable bonds is 6. The van der Waals surface area contributed by atoms with Gasteiger partial charge in [-0.2, -0.15) is 0 Å². The van der Waals surface area contributed by atoms with Crippen LogP contribution >= 0.6 is 0 Å². The van der Waals surface area contributed by atoms with Crippen molar-refractivity contribution in [2.75, 3.05) is 7.11 Å². The van der Waals surface area contributed by atoms with Crippen LogP contribution in [0.15, 0.2) is 36.4 Å². The Kier molecular flexibility index (Phi) is 8.03. The summed E-state index contributed by atoms with van der Waals surface area (Å²) in [7, 11) is 1.41. The van der Waals surface area contributed by atoms with Crippen LogP contribution < -0.4 is 0 Å². The van der Waals surface area contributed by atoms with Gasteiger partial charge < -0.3 is 14.0 Å². The number of esters is 2. The zero-order chi connectivity index (χ0) is 28.7. The van der Waals surface area contributed by atoms with Crippen molar-refractivity contribution in [3.63, 3.8) is 0 Å². The van der Waals surface area contributed by atoms with Crippen LogP contribution in [0.1, 0.15) is 113 Å². The maximum atomic E-state index is 13.8. The van der Waals surface area contributed by atoms with Gasteiger partial charge in [-0.05, 0) is 76.1 Å². The molecule has 0 saturated heterocycles. The molecule has 5 rings (SSSR count). The lowest BCUT2D eigenvalue weighted by Gasteiger charge is -2.25. The normalized spacial score (nSPS) is 20.0. The van der Waals surface area contributed by atoms with Gasteiger partial charge in [-0.25, -0.2) is 4.79 Å². The fourth-order valence-corrected chi connectivity index (χ4v) is 6.42. The standard InChI is InChI=1S/C32H39NO4.C2H6/c1-8-10-20(9-2)27-23-14-12-21(29(34)36-7)16-26(23)33-18-32(30(35)37-31(4,5)6)17-25(32)24-15-19(3)11-13-22(24)28(27)33;1-2/h11-16,20,25H,8-10,17-18H2,1-7H3;1-2H3. The minimum atomic E-state index is -0.613. The van der Waals surface area contributed by atoms with Crippen LogP contribution in [0, 0.1) is 12.3 Å². The van der Waals surface area contributed by atoms with Crippen molar-refractivity contribution in [2.24, 2.45) is 5.41 Å². The van der Waals surface area contributed by atoms with E-state index < -0.39 is 11.0 Å². The van der Waals surface area contributed by atoms with Crippen LogP contribution in [0.25, 0.3) is 22.2 Å². The number of carbonyl (C=O) groups excluding carboxylic acids is 2. The van der Waals surface area contributed by atoms with Crippen molar-refractivity contribution in [2.45, 2.75) is 105 Å². The number of carbonyl (C=O) groups is 2. The van der Waals surface area contributed by atoms with Crippen molar-refractivity contribution in [3.05, 3.63) is 58.7 Å². The zero-order valence-electron chi connectivity index (χ0n) is 25.2. The van der Waals surface area contributed by atoms with E-state index in [0.29, 0.717) is 18.0 Å². The molecule has 210 valence electrons. The van der Waals surface area contributed by atoms with Gasteiger partial charge in [0.1, 0.15) is 5.60 Å². The van der Waals surface area contributed by atoms with Crippen LogP contribution in [0.4, 0.5) is 0 Å². The summed E-state index contributed by atoms with van der Waals surface area (Å²) < 4.78 is 13.4. The lowest BCUT2D eigenvalue weighted by molar-refractivity contribution is -0.162. The molecule has 0 radical (unpaired) electrons. The smallest absolute Gasteiger partial charge is 0.337 e. The summed E-state index contributed by atoms with van der Waals surface area (Å²) in [6, 6.07) is 12.6. The fourth-order valence-electron chi connectivity index (χ4n) is 6.42. The number of hydrogen-bond acceptors (Lipinski definition) is 4. The number of methoxy groups -OCH3 is 1. The Morgan fingerprint density at radius 2 is 1.82 bits per heavy atom. The molecule has 0 spiro atoms. The summed E-state index contributed by atoms with van der Waals surface area (Å²) in [5.41, 5.74) is 6.53. The third kappa shape index (κ3) is 5.01. The average Bonchev–Trinajstić information content (AvgIpc) is 3.58. The molecule has 0 bridgehead atoms. The molecular weight excluding hydrogens is 486 g/mol. The van der Waals surface area contributed by atoms with E-state index in [2.05, 4.69) is 49.6 Å². The van der Waals surface area contributed by atoms with E-state index in [1.807, 2.05) is 46.8 Å². The summed E-state index contributed by atoms with van der Waals surface area (Å²) in [6.07, 6.45) is 3.98. The van der Waals surface area contributed by atoms with Crippen molar-refractivity contribution < 1.29 is 19.1 Å². The fraction of sp³-hybridized carbons (Fsp3) is 0.529. The molecule has 2 aromatic carbocycles. The van der Waals surface area contributed by atoms with Gasteiger partial charge in [0, 0.05) is 28.9 Å². The van der Waals surface area contributed by atoms with Gasteiger partial charge in [-0.1, -0.05) is 63.9 Å². The van der Waals surface area contributed by atoms with Gasteiger partial charge in [0.05, 0.1) is 23.8 Å². The number of aromatic nitrogens is 1. The van der Waals surface area contributed by atoms with Crippen molar-refractivity contribution in [1.29, 1.82) is 0 Å². The largest absolute Gasteiger partial charge is 0.465 e. The van der Waals surface area contributed by atoms with Gasteiger partial charge in [-0.3, -0.25) is 4.79 Å². The highest BCUT2D eigenvalue weighted by molar-refractivity contribution is 6.00. The van der Waals surface area contributed by atoms with Gasteiger partial charge >= 0.3 is 11.9 Å². The summed E-state index contributed by atoms with van der Waals surface area (Å²) in [6.45, 7) is 16.9. The summed E-state index contributed by atoms with van der Waals surface area (Å²) in [5, 5.41) is 1.16. The summed E-state index contributed by atoms with van der Waals surface area (Å²) in [4.78, 5) is 26.3. The zero-order valence-corrected chi connectivity index (χ0v) is 25.2. The number of nitrogens with zero attached hydrogens (tertiary/aromatic N) is 1. The lowest BCUT2D eigenvalue weighted by Crippen LogP contribution is -2.32. The molecular formula is C34H45NO4. The topological polar surface area (TPSA) is 57.5 Å². The number of benzene rings is 2. The Bertz CT molecular complexity index is 1390. The molecule has 39 heavy (non-hydrogen) atoms. The van der Waals surface area contributed by atoms with E-state index in [-0.39, 0.29) is 17.9 Å². The highest BCUT2D eigenvalue weighted by Crippen LogP contribution is 2.65. The molecule has 1 aliphatic carbocycles. The van der Waals surface area contributed by atoms with Crippen LogP contribution in [0.5, 0.6) is 0 Å². The average molecular weight is 532 g/mol. The van der Waals surface area contributed by atoms with Crippen molar-refractivity contribution >= 4 is 22.8 Å². The third-order valence-electron chi connectivity index (χ3n) is 8.22. The Balaban J connectivity index is 0.00000172. The molecule has 5 heteroatoms. The SMILES string of the molecule is CC.CCCC(CC)c1c2n(c3cc(C(=O)OC)ccc13)CC1(C(=O)OC(C)(C)C)CC1c1cc(C)ccc1-2. The Labute approximate surface area is 233 Å². The van der Waals surface area contributed by atoms with E-state index >= 15 is 0 Å². The second-order valence-corrected chi connectivity index (χ2v) is 12.0. The maximum Gasteiger partial charge on any atom is 0.337 e. The second kappa shape index (κ2) is 10.8. The first kappa shape index (κ1) is 28.9. The van der Waals surface area contributed by atoms with E-state index in [1.165, 1.54) is 35.1 Å². The predicted octanol–water partition coefficient (Wildman–Crippen LogP) is 8.55. The first-order valence-electron chi connectivity index (χ1n) is 14.6. The Morgan fingerprint density at radius 1 is 1.10 bits per heavy atom. The predicted molar refractivity (Wildman–Crippen MR) is 158 cm³/mol. The number of aryl methyl sites for hydroxylation is 1. The molecule has 1 fully saturated rings. The quantitative estimate of drug-likeness (QED) is 0.299. The molecule has 2 heterocycles. The molecule has 1 aliphatic heterocycles. The van der Waals surface area contributed by atoms with E-state index in [1.54, 1.807) is 0 Å². The molecule has 5 nitrogen and oxygen atoms in total. The maximum absolute atomic E-state index is 13.8. The van der Waals surface area contributed by atoms with Gasteiger partial charge in [0.15, 0.2) is 0 Å². The van der Waals surface area contributed by atoms with Crippen LogP contribution in [-0.2, 0) is 20.8 Å². The Morgan fingerprint density at radius 3 is 2.44 bits per heavy atom. The minimum absolute atomic E-state index is 0.120. The summed E-state index contributed by atoms with van der Waals surface area (Å²) in [5.74, 6) is 0.0257. The van der Waals surface area contributed by atoms with Crippen LogP contribution in [0.3, 0.4) is 0 Å². The molecule has 3 atom stereocenters. The van der Waals surface area contributed by atoms with Crippen molar-refractivity contribution in [3.8, 4) is 11.3 Å². The van der Waals surface area contributed by atoms with E-state index in [4.69, 9.17) is 9.47 Å². The number of ether oxygens (including phenoxy) is 2. The molecule has 1 saturated carbocycles. The number of fused-ring (bicyclic) bond motifs is 7. The minimum Gasteiger partial charge on any atom is -0.465 e. The number of hydrogen-bond donors (Lipinski definition) is 0. The monoisotopic (exact) mass is 531 g/mol. The van der Waals surface area contributed by atoms with Crippen LogP contribution in [0.2, 0.25) is 0 Å². The molecule has 0 N–H and O–H groups in total. The van der Waals surface area contributed by atoms with Gasteiger partial charge in [0.2, 0.25) is 0 Å². The molecule has 0 amide bonds. The molecule has 3 aromatic rings. The first-order valence-corrected chi connectivity index (χ1v) is 14.6. The van der Waals surface area contributed by atoms with Gasteiger partial charge in [0.25, 0.3) is 0 Å². The highest BCUT2D eigenvalue weighted by atomic mass is 16.6.